The molecule has 24 heteroatoms. The van der Waals surface area contributed by atoms with Crippen molar-refractivity contribution in [1.82, 2.24) is 50.2 Å². The van der Waals surface area contributed by atoms with Gasteiger partial charge in [-0.05, 0) is 102 Å². The van der Waals surface area contributed by atoms with Gasteiger partial charge in [-0.2, -0.15) is 0 Å². The van der Waals surface area contributed by atoms with Gasteiger partial charge in [0.1, 0.15) is 72.3 Å². The highest BCUT2D eigenvalue weighted by Crippen LogP contribution is 2.25. The number of amides is 9. The lowest BCUT2D eigenvalue weighted by Gasteiger charge is -2.41. The Kier molecular flexibility index (Phi) is 29.2. The van der Waals surface area contributed by atoms with Gasteiger partial charge in [0.2, 0.25) is 47.3 Å². The molecule has 0 saturated carbocycles. The summed E-state index contributed by atoms with van der Waals surface area (Å²) in [5.74, 6) is -9.06. The number of benzene rings is 1. The third-order valence-corrected chi connectivity index (χ3v) is 16.7. The number of nitrogens with one attached hydrogen (secondary N) is 3. The summed E-state index contributed by atoms with van der Waals surface area (Å²) >= 11 is 0. The molecule has 24 nitrogen and oxygen atoms in total. The number of likely N-dealkylation sites (N-methyl/N-ethyl adjacent to an activating group) is 8. The Morgan fingerprint density at radius 1 is 0.663 bits per heavy atom. The lowest BCUT2D eigenvalue weighted by molar-refractivity contribution is -0.168. The number of cyclic esters (lactones) is 1. The van der Waals surface area contributed by atoms with E-state index in [9.17, 15) is 43.2 Å². The maximum atomic E-state index is 15.3. The van der Waals surface area contributed by atoms with Crippen molar-refractivity contribution in [2.24, 2.45) is 29.6 Å². The van der Waals surface area contributed by atoms with Crippen molar-refractivity contribution < 1.29 is 67.0 Å². The van der Waals surface area contributed by atoms with Crippen LogP contribution in [-0.4, -0.2) is 236 Å². The molecule has 86 heavy (non-hydrogen) atoms. The fraction of sp³-hybridized carbons (Fsp3) is 0.726. The molecule has 9 amide bonds. The van der Waals surface area contributed by atoms with E-state index in [-0.39, 0.29) is 37.0 Å². The minimum Gasteiger partial charge on any atom is -0.497 e. The zero-order chi connectivity index (χ0) is 66.3. The monoisotopic (exact) mass is 1210 g/mol. The number of carbonyl (C=O) groups excluding carboxylic acids is 11. The number of ether oxygens (including phenoxy) is 3. The molecule has 0 radical (unpaired) electrons. The molecule has 13 atom stereocenters. The molecule has 1 aromatic rings. The van der Waals surface area contributed by atoms with Crippen LogP contribution >= 0.6 is 0 Å². The van der Waals surface area contributed by atoms with Gasteiger partial charge in [0.25, 0.3) is 5.91 Å². The second-order valence-electron chi connectivity index (χ2n) is 24.8. The third kappa shape index (κ3) is 19.1. The van der Waals surface area contributed by atoms with Gasteiger partial charge in [0.15, 0.2) is 6.10 Å². The van der Waals surface area contributed by atoms with Crippen LogP contribution in [0.1, 0.15) is 129 Å². The van der Waals surface area contributed by atoms with Gasteiger partial charge in [-0.1, -0.05) is 87.8 Å². The van der Waals surface area contributed by atoms with Gasteiger partial charge in [-0.3, -0.25) is 47.9 Å². The van der Waals surface area contributed by atoms with E-state index < -0.39 is 150 Å². The van der Waals surface area contributed by atoms with Gasteiger partial charge in [0.05, 0.1) is 7.11 Å². The Hall–Kier alpha value is -6.85. The fourth-order valence-electron chi connectivity index (χ4n) is 10.5. The molecule has 1 fully saturated rings. The molecule has 3 N–H and O–H groups in total. The summed E-state index contributed by atoms with van der Waals surface area (Å²) in [6.07, 6.45) is -2.25. The fourth-order valence-corrected chi connectivity index (χ4v) is 10.5. The number of carbonyl (C=O) groups is 11. The topological polar surface area (TPSA) is 274 Å². The maximum absolute atomic E-state index is 15.3. The Morgan fingerprint density at radius 2 is 1.22 bits per heavy atom. The van der Waals surface area contributed by atoms with Crippen molar-refractivity contribution in [3.05, 3.63) is 29.8 Å². The first-order valence-corrected chi connectivity index (χ1v) is 30.0. The Morgan fingerprint density at radius 3 is 1.71 bits per heavy atom. The van der Waals surface area contributed by atoms with E-state index in [1.807, 2.05) is 48.5 Å². The first-order chi connectivity index (χ1) is 39.8. The van der Waals surface area contributed by atoms with Crippen molar-refractivity contribution in [2.45, 2.75) is 202 Å². The lowest BCUT2D eigenvalue weighted by Crippen LogP contribution is -2.63. The number of rotatable bonds is 20. The van der Waals surface area contributed by atoms with E-state index in [1.54, 1.807) is 52.1 Å². The summed E-state index contributed by atoms with van der Waals surface area (Å²) in [5.41, 5.74) is 0.608. The molecule has 0 aliphatic carbocycles. The summed E-state index contributed by atoms with van der Waals surface area (Å²) < 4.78 is 17.2. The standard InChI is InChI=1S/C62H104N10O14/c1-25-37(10)49-53(74)64-38(11)54(75)69(20)46(30-33(2)3)52(73)65-45(32-43-26-28-44(84-24)29-27-43)57(78)68(19)41(14)61(82)85-42(15)50(59(80)66(17)40(13)56(77)71(49)22)72(23)58(79)47(31-34(4)5)70(21)55(76)39(12)67(18)60(81)51(36(8)9)86-62(83)48(63-16)35(6)7/h26-29,33-42,45-51,63H,25,30-32H2,1-24H3,(H,64,74)(H,65,73)/t37-,38-,39-,40-,41+,42+,45-,46-,47-,48-,49-,50-,51+/m0/s1. The maximum Gasteiger partial charge on any atom is 0.328 e. The summed E-state index contributed by atoms with van der Waals surface area (Å²) in [6.45, 7) is 25.2. The number of methoxy groups -OCH3 is 1. The molecular formula is C62H104N10O14. The van der Waals surface area contributed by atoms with Crippen molar-refractivity contribution in [3.63, 3.8) is 0 Å². The average molecular weight is 1210 g/mol. The predicted molar refractivity (Wildman–Crippen MR) is 325 cm³/mol. The molecular weight excluding hydrogens is 1110 g/mol. The minimum absolute atomic E-state index is 0.0448. The molecule has 0 aromatic heterocycles. The van der Waals surface area contributed by atoms with Gasteiger partial charge in [-0.25, -0.2) is 4.79 Å². The molecule has 2 rings (SSSR count). The Labute approximate surface area is 511 Å². The SMILES string of the molecule is CC[C@H](C)[C@H]1C(=O)N[C@@H](C)C(=O)N(C)[C@@H](CC(C)C)C(=O)N[C@@H](Cc2ccc(OC)cc2)C(=O)N(C)[C@H](C)C(=O)O[C@H](C)[C@H](N(C)C(=O)[C@H](CC(C)C)N(C)C(=O)[C@H](C)N(C)C(=O)[C@H](OC(=O)[C@@H](NC)C(C)C)C(C)C)C(=O)N(C)[C@@H](C)C(=O)N1C. The second kappa shape index (κ2) is 33.3. The van der Waals surface area contributed by atoms with Crippen LogP contribution in [0.4, 0.5) is 0 Å². The van der Waals surface area contributed by atoms with Crippen molar-refractivity contribution >= 4 is 65.1 Å². The third-order valence-electron chi connectivity index (χ3n) is 16.7. The quantitative estimate of drug-likeness (QED) is 0.158. The molecule has 1 saturated heterocycles. The van der Waals surface area contributed by atoms with E-state index in [0.717, 1.165) is 19.6 Å². The van der Waals surface area contributed by atoms with Crippen LogP contribution in [0.15, 0.2) is 24.3 Å². The second-order valence-corrected chi connectivity index (χ2v) is 24.8. The van der Waals surface area contributed by atoms with Crippen molar-refractivity contribution in [2.75, 3.05) is 63.5 Å². The largest absolute Gasteiger partial charge is 0.497 e. The Balaban J connectivity index is 2.91. The van der Waals surface area contributed by atoms with Gasteiger partial charge >= 0.3 is 11.9 Å². The van der Waals surface area contributed by atoms with Gasteiger partial charge in [-0.15, -0.1) is 0 Å². The molecule has 0 bridgehead atoms. The van der Waals surface area contributed by atoms with Gasteiger partial charge < -0.3 is 64.5 Å². The number of esters is 2. The smallest absolute Gasteiger partial charge is 0.328 e. The van der Waals surface area contributed by atoms with E-state index in [1.165, 1.54) is 106 Å². The predicted octanol–water partition coefficient (Wildman–Crippen LogP) is 2.97. The van der Waals surface area contributed by atoms with Crippen LogP contribution in [-0.2, 0) is 68.6 Å². The van der Waals surface area contributed by atoms with E-state index >= 15 is 9.59 Å². The van der Waals surface area contributed by atoms with Crippen LogP contribution < -0.4 is 20.7 Å². The minimum atomic E-state index is -1.71. The van der Waals surface area contributed by atoms with E-state index in [4.69, 9.17) is 14.2 Å². The molecule has 0 spiro atoms. The highest BCUT2D eigenvalue weighted by atomic mass is 16.6. The molecule has 486 valence electrons. The summed E-state index contributed by atoms with van der Waals surface area (Å²) in [6, 6.07) is -5.73. The van der Waals surface area contributed by atoms with E-state index in [0.29, 0.717) is 17.7 Å². The lowest BCUT2D eigenvalue weighted by atomic mass is 9.95. The highest BCUT2D eigenvalue weighted by molar-refractivity contribution is 5.99. The van der Waals surface area contributed by atoms with Crippen molar-refractivity contribution in [3.8, 4) is 5.75 Å². The van der Waals surface area contributed by atoms with Crippen LogP contribution in [0.3, 0.4) is 0 Å². The molecule has 1 aromatic carbocycles. The van der Waals surface area contributed by atoms with E-state index in [2.05, 4.69) is 16.0 Å². The zero-order valence-electron chi connectivity index (χ0n) is 55.8. The highest BCUT2D eigenvalue weighted by Gasteiger charge is 2.46. The number of hydrogen-bond donors (Lipinski definition) is 3. The molecule has 1 aliphatic heterocycles. The van der Waals surface area contributed by atoms with Crippen molar-refractivity contribution in [1.29, 1.82) is 0 Å². The van der Waals surface area contributed by atoms with Crippen LogP contribution in [0.25, 0.3) is 0 Å². The summed E-state index contributed by atoms with van der Waals surface area (Å²) in [4.78, 5) is 168. The molecule has 0 unspecified atom stereocenters. The molecule has 1 heterocycles. The first-order valence-electron chi connectivity index (χ1n) is 30.0. The average Bonchev–Trinajstić information content (AvgIpc) is 1.62. The van der Waals surface area contributed by atoms with Crippen LogP contribution in [0.2, 0.25) is 0 Å². The van der Waals surface area contributed by atoms with Gasteiger partial charge in [0, 0.05) is 55.8 Å². The first kappa shape index (κ1) is 75.2. The number of hydrogen-bond acceptors (Lipinski definition) is 15. The number of nitrogens with zero attached hydrogens (tertiary/aromatic N) is 7. The summed E-state index contributed by atoms with van der Waals surface area (Å²) in [7, 11) is 12.7. The normalized spacial score (nSPS) is 23.8. The summed E-state index contributed by atoms with van der Waals surface area (Å²) in [5, 5.41) is 8.54. The van der Waals surface area contributed by atoms with Crippen LogP contribution in [0.5, 0.6) is 5.75 Å². The molecule has 1 aliphatic rings. The zero-order valence-corrected chi connectivity index (χ0v) is 55.8. The van der Waals surface area contributed by atoms with Crippen LogP contribution in [0, 0.1) is 29.6 Å². The Bertz CT molecular complexity index is 2530.